The maximum Gasteiger partial charge on any atom is 0.261 e. The average molecular weight is 306 g/mol. The first-order valence-electron chi connectivity index (χ1n) is 8.36. The molecule has 0 bridgehead atoms. The first-order chi connectivity index (χ1) is 10.3. The third-order valence-corrected chi connectivity index (χ3v) is 6.18. The van der Waals surface area contributed by atoms with Gasteiger partial charge in [0.05, 0.1) is 4.88 Å². The van der Waals surface area contributed by atoms with Crippen molar-refractivity contribution in [2.24, 2.45) is 0 Å². The summed E-state index contributed by atoms with van der Waals surface area (Å²) < 4.78 is 0. The predicted molar refractivity (Wildman–Crippen MR) is 88.1 cm³/mol. The van der Waals surface area contributed by atoms with Crippen LogP contribution in [0.4, 0.5) is 0 Å². The van der Waals surface area contributed by atoms with Crippen LogP contribution in [0.3, 0.4) is 0 Å². The van der Waals surface area contributed by atoms with E-state index < -0.39 is 0 Å². The fourth-order valence-corrected chi connectivity index (χ4v) is 4.72. The topological polar surface area (TPSA) is 41.1 Å². The minimum Gasteiger partial charge on any atom is -0.349 e. The molecule has 2 aliphatic rings. The van der Waals surface area contributed by atoms with E-state index in [0.717, 1.165) is 24.1 Å². The lowest BCUT2D eigenvalue weighted by Crippen LogP contribution is -2.41. The molecule has 0 aliphatic heterocycles. The van der Waals surface area contributed by atoms with Crippen LogP contribution < -0.4 is 10.6 Å². The molecule has 0 aromatic carbocycles. The first kappa shape index (κ1) is 15.0. The number of aryl methyl sites for hydroxylation is 2. The molecule has 116 valence electrons. The van der Waals surface area contributed by atoms with Gasteiger partial charge in [-0.15, -0.1) is 11.3 Å². The SMILES string of the molecule is CNC1CCC(NC(=O)c2cc3c(s2)CCCCC3)CC1. The van der Waals surface area contributed by atoms with Gasteiger partial charge >= 0.3 is 0 Å². The van der Waals surface area contributed by atoms with Crippen LogP contribution in [0.15, 0.2) is 6.07 Å². The lowest BCUT2D eigenvalue weighted by molar-refractivity contribution is 0.0929. The van der Waals surface area contributed by atoms with Crippen LogP contribution in [0, 0.1) is 0 Å². The number of nitrogens with one attached hydrogen (secondary N) is 2. The Balaban J connectivity index is 1.58. The lowest BCUT2D eigenvalue weighted by atomic mass is 9.91. The van der Waals surface area contributed by atoms with Crippen LogP contribution in [-0.2, 0) is 12.8 Å². The summed E-state index contributed by atoms with van der Waals surface area (Å²) in [6.07, 6.45) is 10.8. The van der Waals surface area contributed by atoms with Crippen molar-refractivity contribution in [1.29, 1.82) is 0 Å². The highest BCUT2D eigenvalue weighted by molar-refractivity contribution is 7.14. The number of hydrogen-bond acceptors (Lipinski definition) is 3. The van der Waals surface area contributed by atoms with Crippen molar-refractivity contribution in [2.75, 3.05) is 7.05 Å². The Morgan fingerprint density at radius 1 is 1.10 bits per heavy atom. The lowest BCUT2D eigenvalue weighted by Gasteiger charge is -2.28. The fraction of sp³-hybridized carbons (Fsp3) is 0.706. The van der Waals surface area contributed by atoms with Crippen molar-refractivity contribution in [2.45, 2.75) is 69.9 Å². The highest BCUT2D eigenvalue weighted by Crippen LogP contribution is 2.29. The zero-order valence-corrected chi connectivity index (χ0v) is 13.7. The zero-order chi connectivity index (χ0) is 14.7. The van der Waals surface area contributed by atoms with E-state index in [0.29, 0.717) is 12.1 Å². The molecule has 1 aromatic heterocycles. The van der Waals surface area contributed by atoms with E-state index in [4.69, 9.17) is 0 Å². The number of thiophene rings is 1. The van der Waals surface area contributed by atoms with Gasteiger partial charge in [0.25, 0.3) is 5.91 Å². The molecule has 3 nitrogen and oxygen atoms in total. The standard InChI is InChI=1S/C17H26N2OS/c1-18-13-7-9-14(10-8-13)19-17(20)16-11-12-5-3-2-4-6-15(12)21-16/h11,13-14,18H,2-10H2,1H3,(H,19,20). The number of rotatable bonds is 3. The molecule has 0 atom stereocenters. The van der Waals surface area contributed by atoms with E-state index >= 15 is 0 Å². The first-order valence-corrected chi connectivity index (χ1v) is 9.17. The number of fused-ring (bicyclic) bond motifs is 1. The Hall–Kier alpha value is -0.870. The van der Waals surface area contributed by atoms with Crippen LogP contribution >= 0.6 is 11.3 Å². The summed E-state index contributed by atoms with van der Waals surface area (Å²) in [7, 11) is 2.03. The second kappa shape index (κ2) is 6.93. The molecule has 0 radical (unpaired) electrons. The van der Waals surface area contributed by atoms with E-state index in [1.54, 1.807) is 11.3 Å². The number of amides is 1. The Kier molecular flexibility index (Phi) is 4.96. The summed E-state index contributed by atoms with van der Waals surface area (Å²) in [6, 6.07) is 3.15. The van der Waals surface area contributed by atoms with Crippen molar-refractivity contribution in [3.63, 3.8) is 0 Å². The van der Waals surface area contributed by atoms with Gasteiger partial charge in [0, 0.05) is 17.0 Å². The Morgan fingerprint density at radius 2 is 1.81 bits per heavy atom. The molecule has 4 heteroatoms. The minimum atomic E-state index is 0.154. The van der Waals surface area contributed by atoms with Crippen LogP contribution in [0.1, 0.15) is 65.1 Å². The molecule has 1 fully saturated rings. The second-order valence-electron chi connectivity index (χ2n) is 6.43. The molecule has 21 heavy (non-hydrogen) atoms. The Bertz CT molecular complexity index is 465. The Labute approximate surface area is 131 Å². The predicted octanol–water partition coefficient (Wildman–Crippen LogP) is 3.28. The summed E-state index contributed by atoms with van der Waals surface area (Å²) in [5, 5.41) is 6.59. The number of carbonyl (C=O) groups excluding carboxylic acids is 1. The molecule has 1 heterocycles. The van der Waals surface area contributed by atoms with E-state index in [-0.39, 0.29) is 5.91 Å². The van der Waals surface area contributed by atoms with E-state index in [2.05, 4.69) is 16.7 Å². The monoisotopic (exact) mass is 306 g/mol. The third kappa shape index (κ3) is 3.67. The van der Waals surface area contributed by atoms with E-state index in [9.17, 15) is 4.79 Å². The molecular formula is C17H26N2OS. The summed E-state index contributed by atoms with van der Waals surface area (Å²) in [6.45, 7) is 0. The van der Waals surface area contributed by atoms with Crippen molar-refractivity contribution >= 4 is 17.2 Å². The quantitative estimate of drug-likeness (QED) is 0.842. The van der Waals surface area contributed by atoms with Gasteiger partial charge in [-0.25, -0.2) is 0 Å². The smallest absolute Gasteiger partial charge is 0.261 e. The molecule has 2 aliphatic carbocycles. The minimum absolute atomic E-state index is 0.154. The molecule has 1 aromatic rings. The van der Waals surface area contributed by atoms with Crippen LogP contribution in [0.25, 0.3) is 0 Å². The molecule has 1 amide bonds. The van der Waals surface area contributed by atoms with E-state index in [1.165, 1.54) is 49.0 Å². The molecule has 0 spiro atoms. The molecule has 3 rings (SSSR count). The van der Waals surface area contributed by atoms with Crippen molar-refractivity contribution in [3.05, 3.63) is 21.4 Å². The van der Waals surface area contributed by atoms with Crippen molar-refractivity contribution < 1.29 is 4.79 Å². The number of hydrogen-bond donors (Lipinski definition) is 2. The summed E-state index contributed by atoms with van der Waals surface area (Å²) in [5.74, 6) is 0.154. The fourth-order valence-electron chi connectivity index (χ4n) is 3.56. The maximum absolute atomic E-state index is 12.5. The van der Waals surface area contributed by atoms with Gasteiger partial charge < -0.3 is 10.6 Å². The van der Waals surface area contributed by atoms with Gasteiger partial charge in [0.1, 0.15) is 0 Å². The molecule has 2 N–H and O–H groups in total. The largest absolute Gasteiger partial charge is 0.349 e. The van der Waals surface area contributed by atoms with Crippen LogP contribution in [-0.4, -0.2) is 25.0 Å². The normalized spacial score (nSPS) is 26.0. The summed E-state index contributed by atoms with van der Waals surface area (Å²) in [5.41, 5.74) is 1.43. The zero-order valence-electron chi connectivity index (χ0n) is 12.9. The maximum atomic E-state index is 12.5. The molecule has 0 saturated heterocycles. The van der Waals surface area contributed by atoms with Gasteiger partial charge in [-0.1, -0.05) is 6.42 Å². The van der Waals surface area contributed by atoms with Crippen LogP contribution in [0.5, 0.6) is 0 Å². The Morgan fingerprint density at radius 3 is 2.57 bits per heavy atom. The van der Waals surface area contributed by atoms with Gasteiger partial charge in [-0.3, -0.25) is 4.79 Å². The van der Waals surface area contributed by atoms with Gasteiger partial charge in [-0.2, -0.15) is 0 Å². The number of carbonyl (C=O) groups is 1. The van der Waals surface area contributed by atoms with Crippen LogP contribution in [0.2, 0.25) is 0 Å². The average Bonchev–Trinajstić information content (AvgIpc) is 2.79. The highest BCUT2D eigenvalue weighted by atomic mass is 32.1. The summed E-state index contributed by atoms with van der Waals surface area (Å²) in [4.78, 5) is 14.8. The summed E-state index contributed by atoms with van der Waals surface area (Å²) >= 11 is 1.73. The van der Waals surface area contributed by atoms with Gasteiger partial charge in [-0.05, 0) is 70.0 Å². The van der Waals surface area contributed by atoms with Crippen molar-refractivity contribution in [1.82, 2.24) is 10.6 Å². The van der Waals surface area contributed by atoms with E-state index in [1.807, 2.05) is 7.05 Å². The third-order valence-electron chi connectivity index (χ3n) is 4.94. The molecule has 1 saturated carbocycles. The second-order valence-corrected chi connectivity index (χ2v) is 7.57. The van der Waals surface area contributed by atoms with Gasteiger partial charge in [0.2, 0.25) is 0 Å². The highest BCUT2D eigenvalue weighted by Gasteiger charge is 2.23. The molecule has 0 unspecified atom stereocenters. The molecular weight excluding hydrogens is 280 g/mol. The van der Waals surface area contributed by atoms with Gasteiger partial charge in [0.15, 0.2) is 0 Å². The van der Waals surface area contributed by atoms with Crippen molar-refractivity contribution in [3.8, 4) is 0 Å².